The summed E-state index contributed by atoms with van der Waals surface area (Å²) in [5.41, 5.74) is 2.43. The van der Waals surface area contributed by atoms with E-state index in [1.807, 2.05) is 12.1 Å². The van der Waals surface area contributed by atoms with Gasteiger partial charge in [0.05, 0.1) is 28.9 Å². The third kappa shape index (κ3) is 5.95. The van der Waals surface area contributed by atoms with Gasteiger partial charge < -0.3 is 19.1 Å². The Morgan fingerprint density at radius 2 is 1.80 bits per heavy atom. The quantitative estimate of drug-likeness (QED) is 0.207. The first kappa shape index (κ1) is 27.2. The van der Waals surface area contributed by atoms with Crippen LogP contribution in [0.25, 0.3) is 22.3 Å². The highest BCUT2D eigenvalue weighted by Crippen LogP contribution is 2.28. The van der Waals surface area contributed by atoms with Crippen molar-refractivity contribution in [3.63, 3.8) is 0 Å². The van der Waals surface area contributed by atoms with Crippen LogP contribution in [0.1, 0.15) is 27.3 Å². The summed E-state index contributed by atoms with van der Waals surface area (Å²) in [6, 6.07) is 18.9. The molecule has 40 heavy (non-hydrogen) atoms. The number of hydrogen-bond acceptors (Lipinski definition) is 5. The molecule has 0 radical (unpaired) electrons. The van der Waals surface area contributed by atoms with Gasteiger partial charge in [-0.2, -0.15) is 0 Å². The summed E-state index contributed by atoms with van der Waals surface area (Å²) in [5, 5.41) is 10.0. The second-order valence-electron chi connectivity index (χ2n) is 9.06. The van der Waals surface area contributed by atoms with Crippen LogP contribution in [-0.2, 0) is 24.3 Å². The second-order valence-corrected chi connectivity index (χ2v) is 9.49. The first-order valence-electron chi connectivity index (χ1n) is 12.4. The molecule has 10 heteroatoms. The largest absolute Gasteiger partial charge is 0.478 e. The standard InChI is InChI=1S/C30H24ClF2N3O4/c1-39-12-11-36-27-14-19(30(37)38)7-10-26(27)34-28(36)15-20-13-24(33)22(16-23(20)32)25-3-2-4-29(35-25)40-17-18-5-8-21(31)9-6-18/h2-10,13-14,16H,11-12,15,17H2,1H3,(H,37,38). The number of ether oxygens (including phenoxy) is 2. The Morgan fingerprint density at radius 3 is 2.55 bits per heavy atom. The van der Waals surface area contributed by atoms with E-state index in [1.54, 1.807) is 48.1 Å². The highest BCUT2D eigenvalue weighted by atomic mass is 35.5. The summed E-state index contributed by atoms with van der Waals surface area (Å²) in [6.45, 7) is 0.926. The van der Waals surface area contributed by atoms with E-state index >= 15 is 8.78 Å². The zero-order chi connectivity index (χ0) is 28.2. The number of halogens is 3. The van der Waals surface area contributed by atoms with Gasteiger partial charge in [0.2, 0.25) is 5.88 Å². The summed E-state index contributed by atoms with van der Waals surface area (Å²) < 4.78 is 43.3. The average molecular weight is 564 g/mol. The number of benzene rings is 3. The van der Waals surface area contributed by atoms with Crippen LogP contribution in [0.2, 0.25) is 5.02 Å². The van der Waals surface area contributed by atoms with Crippen molar-refractivity contribution in [3.05, 3.63) is 112 Å². The number of carbonyl (C=O) groups is 1. The lowest BCUT2D eigenvalue weighted by Crippen LogP contribution is -2.10. The van der Waals surface area contributed by atoms with E-state index in [0.29, 0.717) is 35.0 Å². The van der Waals surface area contributed by atoms with E-state index in [2.05, 4.69) is 9.97 Å². The summed E-state index contributed by atoms with van der Waals surface area (Å²) in [4.78, 5) is 20.4. The minimum Gasteiger partial charge on any atom is -0.478 e. The molecule has 0 saturated carbocycles. The van der Waals surface area contributed by atoms with Gasteiger partial charge in [0.15, 0.2) is 0 Å². The zero-order valence-electron chi connectivity index (χ0n) is 21.4. The SMILES string of the molecule is COCCn1c(Cc2cc(F)c(-c3cccc(OCc4ccc(Cl)cc4)n3)cc2F)nc2ccc(C(=O)O)cc21. The summed E-state index contributed by atoms with van der Waals surface area (Å²) in [6.07, 6.45) is -0.0124. The van der Waals surface area contributed by atoms with Crippen molar-refractivity contribution in [1.29, 1.82) is 0 Å². The lowest BCUT2D eigenvalue weighted by molar-refractivity contribution is 0.0697. The zero-order valence-corrected chi connectivity index (χ0v) is 22.2. The molecule has 204 valence electrons. The molecule has 2 heterocycles. The molecule has 0 bridgehead atoms. The highest BCUT2D eigenvalue weighted by molar-refractivity contribution is 6.30. The van der Waals surface area contributed by atoms with E-state index in [4.69, 9.17) is 21.1 Å². The molecular weight excluding hydrogens is 540 g/mol. The van der Waals surface area contributed by atoms with Crippen molar-refractivity contribution in [3.8, 4) is 17.1 Å². The average Bonchev–Trinajstić information content (AvgIpc) is 3.29. The maximum Gasteiger partial charge on any atom is 0.335 e. The number of aromatic carboxylic acids is 1. The van der Waals surface area contributed by atoms with Gasteiger partial charge in [-0.1, -0.05) is 29.8 Å². The van der Waals surface area contributed by atoms with Gasteiger partial charge in [0.1, 0.15) is 24.1 Å². The van der Waals surface area contributed by atoms with Gasteiger partial charge in [0, 0.05) is 36.7 Å². The molecular formula is C30H24ClF2N3O4. The fourth-order valence-corrected chi connectivity index (χ4v) is 4.47. The van der Waals surface area contributed by atoms with Crippen LogP contribution in [0, 0.1) is 11.6 Å². The Morgan fingerprint density at radius 1 is 1.00 bits per heavy atom. The minimum atomic E-state index is -1.07. The van der Waals surface area contributed by atoms with Crippen LogP contribution >= 0.6 is 11.6 Å². The fraction of sp³-hybridized carbons (Fsp3) is 0.167. The minimum absolute atomic E-state index is 0.00261. The number of aromatic nitrogens is 3. The van der Waals surface area contributed by atoms with E-state index in [-0.39, 0.29) is 41.3 Å². The number of fused-ring (bicyclic) bond motifs is 1. The molecule has 0 aliphatic carbocycles. The maximum absolute atomic E-state index is 15.3. The third-order valence-corrected chi connectivity index (χ3v) is 6.63. The number of carboxylic acid groups (broad SMARTS) is 1. The molecule has 7 nitrogen and oxygen atoms in total. The second kappa shape index (κ2) is 11.8. The number of methoxy groups -OCH3 is 1. The predicted octanol–water partition coefficient (Wildman–Crippen LogP) is 6.54. The molecule has 0 atom stereocenters. The van der Waals surface area contributed by atoms with Crippen LogP contribution in [0.15, 0.2) is 72.8 Å². The van der Waals surface area contributed by atoms with Gasteiger partial charge in [-0.15, -0.1) is 0 Å². The normalized spacial score (nSPS) is 11.2. The maximum atomic E-state index is 15.3. The van der Waals surface area contributed by atoms with Gasteiger partial charge in [-0.05, 0) is 59.7 Å². The summed E-state index contributed by atoms with van der Waals surface area (Å²) in [5.74, 6) is -1.62. The van der Waals surface area contributed by atoms with Crippen molar-refractivity contribution >= 4 is 28.6 Å². The van der Waals surface area contributed by atoms with Crippen molar-refractivity contribution in [2.45, 2.75) is 19.6 Å². The Hall–Kier alpha value is -4.34. The highest BCUT2D eigenvalue weighted by Gasteiger charge is 2.18. The van der Waals surface area contributed by atoms with Crippen molar-refractivity contribution < 1.29 is 28.2 Å². The number of imidazole rings is 1. The van der Waals surface area contributed by atoms with Crippen molar-refractivity contribution in [2.75, 3.05) is 13.7 Å². The third-order valence-electron chi connectivity index (χ3n) is 6.38. The number of carboxylic acids is 1. The molecule has 5 aromatic rings. The van der Waals surface area contributed by atoms with Crippen LogP contribution in [-0.4, -0.2) is 39.3 Å². The molecule has 0 fully saturated rings. The van der Waals surface area contributed by atoms with Crippen LogP contribution in [0.4, 0.5) is 8.78 Å². The molecule has 0 aliphatic rings. The predicted molar refractivity (Wildman–Crippen MR) is 147 cm³/mol. The monoisotopic (exact) mass is 563 g/mol. The van der Waals surface area contributed by atoms with Crippen molar-refractivity contribution in [1.82, 2.24) is 14.5 Å². The number of pyridine rings is 1. The number of nitrogens with zero attached hydrogens (tertiary/aromatic N) is 3. The van der Waals surface area contributed by atoms with E-state index < -0.39 is 17.6 Å². The number of hydrogen-bond donors (Lipinski definition) is 1. The van der Waals surface area contributed by atoms with Crippen LogP contribution < -0.4 is 4.74 Å². The fourth-order valence-electron chi connectivity index (χ4n) is 4.35. The molecule has 1 N–H and O–H groups in total. The van der Waals surface area contributed by atoms with Gasteiger partial charge in [-0.25, -0.2) is 23.5 Å². The molecule has 0 aliphatic heterocycles. The van der Waals surface area contributed by atoms with Crippen LogP contribution in [0.5, 0.6) is 5.88 Å². The van der Waals surface area contributed by atoms with Gasteiger partial charge in [0.25, 0.3) is 0 Å². The first-order valence-corrected chi connectivity index (χ1v) is 12.7. The summed E-state index contributed by atoms with van der Waals surface area (Å²) in [7, 11) is 1.54. The molecule has 0 unspecified atom stereocenters. The Balaban J connectivity index is 1.41. The molecule has 0 spiro atoms. The van der Waals surface area contributed by atoms with Gasteiger partial charge in [-0.3, -0.25) is 0 Å². The Kier molecular flexibility index (Phi) is 8.04. The molecule has 0 saturated heterocycles. The lowest BCUT2D eigenvalue weighted by Gasteiger charge is -2.12. The van der Waals surface area contributed by atoms with E-state index in [1.165, 1.54) is 12.1 Å². The number of rotatable bonds is 10. The molecule has 3 aromatic carbocycles. The lowest BCUT2D eigenvalue weighted by atomic mass is 10.0. The molecule has 0 amide bonds. The van der Waals surface area contributed by atoms with Crippen LogP contribution in [0.3, 0.4) is 0 Å². The topological polar surface area (TPSA) is 86.5 Å². The Bertz CT molecular complexity index is 1690. The molecule has 2 aromatic heterocycles. The van der Waals surface area contributed by atoms with Gasteiger partial charge >= 0.3 is 5.97 Å². The smallest absolute Gasteiger partial charge is 0.335 e. The summed E-state index contributed by atoms with van der Waals surface area (Å²) >= 11 is 5.92. The van der Waals surface area contributed by atoms with E-state index in [9.17, 15) is 9.90 Å². The van der Waals surface area contributed by atoms with E-state index in [0.717, 1.165) is 17.7 Å². The molecule has 5 rings (SSSR count). The van der Waals surface area contributed by atoms with Crippen molar-refractivity contribution in [2.24, 2.45) is 0 Å². The first-order chi connectivity index (χ1) is 19.3. The Labute approximate surface area is 233 Å².